The Morgan fingerprint density at radius 3 is 2.40 bits per heavy atom. The summed E-state index contributed by atoms with van der Waals surface area (Å²) in [4.78, 5) is 41.9. The predicted octanol–water partition coefficient (Wildman–Crippen LogP) is 6.47. The molecule has 0 radical (unpaired) electrons. The molecule has 0 saturated carbocycles. The van der Waals surface area contributed by atoms with E-state index in [-0.39, 0.29) is 21.8 Å². The summed E-state index contributed by atoms with van der Waals surface area (Å²) in [5.74, 6) is -1.18. The third-order valence-corrected chi connectivity index (χ3v) is 7.27. The lowest BCUT2D eigenvalue weighted by Gasteiger charge is -2.50. The SMILES string of the molecule is Cc1cc2c(cc1/C=C1\C(=O)NC(=O)N(c3ccc(Cl)cc3Cl)C1=O)C(C)CC(C)(C)N2C(C)C. The fourth-order valence-electron chi connectivity index (χ4n) is 5.44. The lowest BCUT2D eigenvalue weighted by Crippen LogP contribution is -2.54. The Labute approximate surface area is 215 Å². The van der Waals surface area contributed by atoms with Crippen molar-refractivity contribution in [2.75, 3.05) is 9.80 Å². The van der Waals surface area contributed by atoms with Gasteiger partial charge >= 0.3 is 6.03 Å². The zero-order valence-corrected chi connectivity index (χ0v) is 22.2. The lowest BCUT2D eigenvalue weighted by atomic mass is 9.78. The maximum atomic E-state index is 13.4. The van der Waals surface area contributed by atoms with Crippen LogP contribution in [0.4, 0.5) is 16.2 Å². The molecule has 4 amide bonds. The quantitative estimate of drug-likeness (QED) is 0.377. The van der Waals surface area contributed by atoms with Crippen LogP contribution in [0.5, 0.6) is 0 Å². The van der Waals surface area contributed by atoms with E-state index in [1.54, 1.807) is 6.08 Å². The number of anilines is 2. The summed E-state index contributed by atoms with van der Waals surface area (Å²) in [6.45, 7) is 13.1. The number of urea groups is 1. The number of fused-ring (bicyclic) bond motifs is 1. The fourth-order valence-corrected chi connectivity index (χ4v) is 5.93. The first-order valence-electron chi connectivity index (χ1n) is 11.6. The molecule has 1 unspecified atom stereocenters. The van der Waals surface area contributed by atoms with Crippen molar-refractivity contribution in [2.24, 2.45) is 0 Å². The van der Waals surface area contributed by atoms with Crippen molar-refractivity contribution in [2.45, 2.75) is 65.5 Å². The van der Waals surface area contributed by atoms with Crippen molar-refractivity contribution >= 4 is 58.5 Å². The summed E-state index contributed by atoms with van der Waals surface area (Å²) < 4.78 is 0. The second-order valence-electron chi connectivity index (χ2n) is 10.2. The van der Waals surface area contributed by atoms with E-state index < -0.39 is 17.8 Å². The molecular weight excluding hydrogens is 485 g/mol. The van der Waals surface area contributed by atoms with Crippen molar-refractivity contribution in [1.29, 1.82) is 0 Å². The van der Waals surface area contributed by atoms with Crippen molar-refractivity contribution in [3.63, 3.8) is 0 Å². The Bertz CT molecular complexity index is 1280. The van der Waals surface area contributed by atoms with Crippen molar-refractivity contribution < 1.29 is 14.4 Å². The maximum absolute atomic E-state index is 13.4. The van der Waals surface area contributed by atoms with Gasteiger partial charge in [-0.1, -0.05) is 30.1 Å². The average molecular weight is 514 g/mol. The van der Waals surface area contributed by atoms with Gasteiger partial charge in [0.1, 0.15) is 5.57 Å². The molecule has 0 aromatic heterocycles. The molecule has 1 atom stereocenters. The predicted molar refractivity (Wildman–Crippen MR) is 141 cm³/mol. The van der Waals surface area contributed by atoms with Crippen molar-refractivity contribution in [3.05, 3.63) is 62.6 Å². The molecule has 1 fully saturated rings. The molecule has 6 nitrogen and oxygen atoms in total. The van der Waals surface area contributed by atoms with Gasteiger partial charge in [0.2, 0.25) is 0 Å². The van der Waals surface area contributed by atoms with Crippen LogP contribution in [0.1, 0.15) is 63.6 Å². The van der Waals surface area contributed by atoms with E-state index in [0.717, 1.165) is 22.4 Å². The van der Waals surface area contributed by atoms with Gasteiger partial charge in [0.05, 0.1) is 10.7 Å². The zero-order valence-electron chi connectivity index (χ0n) is 20.7. The lowest BCUT2D eigenvalue weighted by molar-refractivity contribution is -0.122. The number of carbonyl (C=O) groups is 3. The first-order chi connectivity index (χ1) is 16.3. The minimum absolute atomic E-state index is 0.00490. The Morgan fingerprint density at radius 2 is 1.77 bits per heavy atom. The summed E-state index contributed by atoms with van der Waals surface area (Å²) in [5, 5.41) is 2.75. The minimum atomic E-state index is -0.855. The van der Waals surface area contributed by atoms with Gasteiger partial charge in [0.15, 0.2) is 0 Å². The van der Waals surface area contributed by atoms with E-state index in [0.29, 0.717) is 17.0 Å². The van der Waals surface area contributed by atoms with E-state index >= 15 is 0 Å². The van der Waals surface area contributed by atoms with Crippen LogP contribution >= 0.6 is 23.2 Å². The first kappa shape index (κ1) is 25.3. The second-order valence-corrected chi connectivity index (χ2v) is 11.0. The van der Waals surface area contributed by atoms with Crippen LogP contribution in [0.15, 0.2) is 35.9 Å². The molecule has 2 aromatic rings. The number of hydrogen-bond donors (Lipinski definition) is 1. The molecule has 0 aliphatic carbocycles. The molecule has 2 heterocycles. The highest BCUT2D eigenvalue weighted by Crippen LogP contribution is 2.45. The minimum Gasteiger partial charge on any atom is -0.364 e. The van der Waals surface area contributed by atoms with E-state index in [9.17, 15) is 14.4 Å². The summed E-state index contributed by atoms with van der Waals surface area (Å²) in [5.41, 5.74) is 4.06. The van der Waals surface area contributed by atoms with Crippen LogP contribution in [0.25, 0.3) is 6.08 Å². The molecule has 0 spiro atoms. The molecule has 2 aliphatic rings. The number of imide groups is 2. The Hall–Kier alpha value is -2.83. The number of nitrogens with one attached hydrogen (secondary N) is 1. The normalized spacial score (nSPS) is 21.0. The van der Waals surface area contributed by atoms with Gasteiger partial charge in [0.25, 0.3) is 11.8 Å². The number of barbiturate groups is 1. The third kappa shape index (κ3) is 4.45. The van der Waals surface area contributed by atoms with Gasteiger partial charge in [-0.2, -0.15) is 0 Å². The topological polar surface area (TPSA) is 69.7 Å². The number of benzene rings is 2. The highest BCUT2D eigenvalue weighted by atomic mass is 35.5. The van der Waals surface area contributed by atoms with Crippen LogP contribution in [0.2, 0.25) is 10.0 Å². The molecule has 184 valence electrons. The van der Waals surface area contributed by atoms with Crippen LogP contribution in [-0.2, 0) is 9.59 Å². The number of nitrogens with zero attached hydrogens (tertiary/aromatic N) is 2. The van der Waals surface area contributed by atoms with Gasteiger partial charge in [-0.05, 0) is 100 Å². The molecule has 4 rings (SSSR count). The number of carbonyl (C=O) groups excluding carboxylic acids is 3. The number of halogens is 2. The summed E-state index contributed by atoms with van der Waals surface area (Å²) in [7, 11) is 0. The van der Waals surface area contributed by atoms with Gasteiger partial charge < -0.3 is 4.90 Å². The molecule has 2 aliphatic heterocycles. The Morgan fingerprint density at radius 1 is 1.09 bits per heavy atom. The standard InChI is InChI=1S/C27H29Cl2N3O3/c1-14(2)32-23-9-15(3)17(10-19(23)16(4)13-27(32,5)6)11-20-24(33)30-26(35)31(25(20)34)22-8-7-18(28)12-21(22)29/h7-12,14,16H,13H2,1-6H3,(H,30,33,35)/b20-11+. The monoisotopic (exact) mass is 513 g/mol. The number of aryl methyl sites for hydroxylation is 1. The summed E-state index contributed by atoms with van der Waals surface area (Å²) in [6.07, 6.45) is 2.54. The number of amides is 4. The van der Waals surface area contributed by atoms with Crippen LogP contribution in [-0.4, -0.2) is 29.4 Å². The maximum Gasteiger partial charge on any atom is 0.335 e. The van der Waals surface area contributed by atoms with E-state index in [4.69, 9.17) is 23.2 Å². The van der Waals surface area contributed by atoms with Crippen molar-refractivity contribution in [1.82, 2.24) is 5.32 Å². The highest BCUT2D eigenvalue weighted by Gasteiger charge is 2.40. The summed E-state index contributed by atoms with van der Waals surface area (Å²) >= 11 is 12.2. The zero-order chi connectivity index (χ0) is 25.8. The number of hydrogen-bond acceptors (Lipinski definition) is 4. The van der Waals surface area contributed by atoms with Gasteiger partial charge in [-0.15, -0.1) is 0 Å². The van der Waals surface area contributed by atoms with Gasteiger partial charge in [-0.3, -0.25) is 14.9 Å². The fraction of sp³-hybridized carbons (Fsp3) is 0.370. The molecule has 35 heavy (non-hydrogen) atoms. The molecular formula is C27H29Cl2N3O3. The number of rotatable bonds is 3. The molecule has 2 aromatic carbocycles. The van der Waals surface area contributed by atoms with E-state index in [1.807, 2.05) is 6.92 Å². The Balaban J connectivity index is 1.80. The second kappa shape index (κ2) is 8.99. The van der Waals surface area contributed by atoms with Gasteiger partial charge in [0, 0.05) is 22.3 Å². The molecule has 1 N–H and O–H groups in total. The molecule has 1 saturated heterocycles. The van der Waals surface area contributed by atoms with Crippen LogP contribution < -0.4 is 15.1 Å². The first-order valence-corrected chi connectivity index (χ1v) is 12.4. The van der Waals surface area contributed by atoms with E-state index in [1.165, 1.54) is 29.4 Å². The average Bonchev–Trinajstić information content (AvgIpc) is 2.72. The summed E-state index contributed by atoms with van der Waals surface area (Å²) in [6, 6.07) is 8.09. The van der Waals surface area contributed by atoms with E-state index in [2.05, 4.69) is 57.0 Å². The van der Waals surface area contributed by atoms with Crippen LogP contribution in [0, 0.1) is 6.92 Å². The largest absolute Gasteiger partial charge is 0.364 e. The molecule has 0 bridgehead atoms. The smallest absolute Gasteiger partial charge is 0.335 e. The third-order valence-electron chi connectivity index (χ3n) is 6.73. The van der Waals surface area contributed by atoms with Crippen molar-refractivity contribution in [3.8, 4) is 0 Å². The Kier molecular flexibility index (Phi) is 6.49. The van der Waals surface area contributed by atoms with Gasteiger partial charge in [-0.25, -0.2) is 9.69 Å². The molecule has 8 heteroatoms. The van der Waals surface area contributed by atoms with Crippen LogP contribution in [0.3, 0.4) is 0 Å². The highest BCUT2D eigenvalue weighted by molar-refractivity contribution is 6.42.